The van der Waals surface area contributed by atoms with E-state index in [9.17, 15) is 4.79 Å². The van der Waals surface area contributed by atoms with E-state index in [0.717, 1.165) is 29.7 Å². The standard InChI is InChI=1S/C24H29N5O3/c1-4-6-19(25-2)16-7-5-8-17(15-16)20-22(31-3)21(23(30)26-18-9-10-18)28-24(27-20)29-11-13-32-14-12-29/h4-8,15,18H,9-14H2,1-3H3,(H,26,30)/b6-4-,25-19?. The van der Waals surface area contributed by atoms with Crippen molar-refractivity contribution in [3.05, 3.63) is 47.7 Å². The third-order valence-electron chi connectivity index (χ3n) is 5.48. The van der Waals surface area contributed by atoms with Gasteiger partial charge < -0.3 is 19.7 Å². The summed E-state index contributed by atoms with van der Waals surface area (Å²) < 4.78 is 11.2. The van der Waals surface area contributed by atoms with Crippen molar-refractivity contribution in [2.75, 3.05) is 45.4 Å². The Kier molecular flexibility index (Phi) is 6.80. The molecule has 168 valence electrons. The van der Waals surface area contributed by atoms with Gasteiger partial charge in [-0.05, 0) is 31.9 Å². The van der Waals surface area contributed by atoms with E-state index in [1.807, 2.05) is 48.2 Å². The van der Waals surface area contributed by atoms with E-state index < -0.39 is 0 Å². The summed E-state index contributed by atoms with van der Waals surface area (Å²) in [5.41, 5.74) is 3.50. The van der Waals surface area contributed by atoms with Gasteiger partial charge in [-0.25, -0.2) is 9.97 Å². The van der Waals surface area contributed by atoms with Crippen LogP contribution in [0.3, 0.4) is 0 Å². The Hall–Kier alpha value is -3.26. The largest absolute Gasteiger partial charge is 0.492 e. The fraction of sp³-hybridized carbons (Fsp3) is 0.417. The Bertz CT molecular complexity index is 1040. The average molecular weight is 436 g/mol. The fourth-order valence-corrected chi connectivity index (χ4v) is 3.65. The molecule has 1 aliphatic carbocycles. The molecule has 32 heavy (non-hydrogen) atoms. The van der Waals surface area contributed by atoms with Crippen molar-refractivity contribution in [2.24, 2.45) is 4.99 Å². The minimum absolute atomic E-state index is 0.213. The van der Waals surface area contributed by atoms with Crippen LogP contribution >= 0.6 is 0 Å². The molecule has 0 unspecified atom stereocenters. The molecular weight excluding hydrogens is 406 g/mol. The summed E-state index contributed by atoms with van der Waals surface area (Å²) in [6.07, 6.45) is 5.91. The van der Waals surface area contributed by atoms with Gasteiger partial charge in [-0.3, -0.25) is 9.79 Å². The van der Waals surface area contributed by atoms with E-state index >= 15 is 0 Å². The first-order chi connectivity index (χ1) is 15.6. The van der Waals surface area contributed by atoms with Crippen molar-refractivity contribution < 1.29 is 14.3 Å². The van der Waals surface area contributed by atoms with Crippen molar-refractivity contribution in [3.63, 3.8) is 0 Å². The Balaban J connectivity index is 1.83. The van der Waals surface area contributed by atoms with Crippen LogP contribution in [0.15, 0.2) is 41.4 Å². The van der Waals surface area contributed by atoms with E-state index in [0.29, 0.717) is 43.7 Å². The topological polar surface area (TPSA) is 88.9 Å². The molecule has 8 heteroatoms. The fourth-order valence-electron chi connectivity index (χ4n) is 3.65. The molecule has 2 fully saturated rings. The number of benzene rings is 1. The van der Waals surface area contributed by atoms with E-state index in [1.165, 1.54) is 0 Å². The van der Waals surface area contributed by atoms with Gasteiger partial charge in [0.2, 0.25) is 5.95 Å². The van der Waals surface area contributed by atoms with Crippen molar-refractivity contribution >= 4 is 17.6 Å². The third kappa shape index (κ3) is 4.80. The number of aliphatic imine (C=N–C) groups is 1. The van der Waals surface area contributed by atoms with Crippen LogP contribution in [0.2, 0.25) is 0 Å². The first-order valence-electron chi connectivity index (χ1n) is 10.9. The van der Waals surface area contributed by atoms with Gasteiger partial charge in [0, 0.05) is 37.3 Å². The number of anilines is 1. The summed E-state index contributed by atoms with van der Waals surface area (Å²) in [5.74, 6) is 0.648. The Morgan fingerprint density at radius 1 is 1.28 bits per heavy atom. The van der Waals surface area contributed by atoms with Gasteiger partial charge in [0.05, 0.1) is 26.0 Å². The van der Waals surface area contributed by atoms with Crippen LogP contribution in [0, 0.1) is 0 Å². The summed E-state index contributed by atoms with van der Waals surface area (Å²) in [7, 11) is 3.32. The summed E-state index contributed by atoms with van der Waals surface area (Å²) in [5, 5.41) is 3.03. The monoisotopic (exact) mass is 435 g/mol. The minimum Gasteiger partial charge on any atom is -0.492 e. The maximum atomic E-state index is 13.0. The van der Waals surface area contributed by atoms with Crippen LogP contribution in [-0.2, 0) is 4.74 Å². The van der Waals surface area contributed by atoms with Crippen LogP contribution in [0.25, 0.3) is 11.3 Å². The van der Waals surface area contributed by atoms with E-state index in [-0.39, 0.29) is 17.6 Å². The number of methoxy groups -OCH3 is 1. The van der Waals surface area contributed by atoms with Crippen molar-refractivity contribution in [3.8, 4) is 17.0 Å². The molecule has 8 nitrogen and oxygen atoms in total. The van der Waals surface area contributed by atoms with Crippen LogP contribution < -0.4 is 15.0 Å². The summed E-state index contributed by atoms with van der Waals surface area (Å²) >= 11 is 0. The first-order valence-corrected chi connectivity index (χ1v) is 10.9. The number of nitrogens with one attached hydrogen (secondary N) is 1. The molecule has 4 rings (SSSR count). The highest BCUT2D eigenvalue weighted by molar-refractivity contribution is 6.09. The average Bonchev–Trinajstić information content (AvgIpc) is 3.66. The number of amides is 1. The number of nitrogens with zero attached hydrogens (tertiary/aromatic N) is 4. The molecule has 0 spiro atoms. The molecule has 2 aromatic rings. The number of allylic oxidation sites excluding steroid dienone is 2. The molecule has 1 saturated heterocycles. The molecule has 0 radical (unpaired) electrons. The third-order valence-corrected chi connectivity index (χ3v) is 5.48. The van der Waals surface area contributed by atoms with Crippen molar-refractivity contribution in [1.29, 1.82) is 0 Å². The molecule has 0 bridgehead atoms. The molecule has 1 aromatic carbocycles. The van der Waals surface area contributed by atoms with Crippen molar-refractivity contribution in [1.82, 2.24) is 15.3 Å². The quantitative estimate of drug-likeness (QED) is 0.673. The number of ether oxygens (including phenoxy) is 2. The van der Waals surface area contributed by atoms with Crippen LogP contribution in [0.5, 0.6) is 5.75 Å². The minimum atomic E-state index is -0.233. The van der Waals surface area contributed by atoms with E-state index in [1.54, 1.807) is 14.2 Å². The predicted octanol–water partition coefficient (Wildman–Crippen LogP) is 2.88. The Morgan fingerprint density at radius 2 is 2.06 bits per heavy atom. The SMILES string of the molecule is C/C=C\C(=NC)c1cccc(-c2nc(N3CCOCC3)nc(C(=O)NC3CC3)c2OC)c1. The van der Waals surface area contributed by atoms with Crippen LogP contribution in [0.4, 0.5) is 5.95 Å². The van der Waals surface area contributed by atoms with Crippen LogP contribution in [0.1, 0.15) is 35.8 Å². The molecule has 1 aliphatic heterocycles. The van der Waals surface area contributed by atoms with Crippen LogP contribution in [-0.4, -0.2) is 68.1 Å². The van der Waals surface area contributed by atoms with Gasteiger partial charge >= 0.3 is 0 Å². The molecule has 2 aliphatic rings. The van der Waals surface area contributed by atoms with Gasteiger partial charge in [-0.15, -0.1) is 0 Å². The normalized spacial score (nSPS) is 17.0. The lowest BCUT2D eigenvalue weighted by Gasteiger charge is -2.28. The van der Waals surface area contributed by atoms with E-state index in [2.05, 4.69) is 15.3 Å². The van der Waals surface area contributed by atoms with Gasteiger partial charge in [-0.2, -0.15) is 0 Å². The highest BCUT2D eigenvalue weighted by Crippen LogP contribution is 2.34. The zero-order valence-corrected chi connectivity index (χ0v) is 18.8. The second-order valence-electron chi connectivity index (χ2n) is 7.79. The zero-order valence-electron chi connectivity index (χ0n) is 18.8. The van der Waals surface area contributed by atoms with Crippen molar-refractivity contribution in [2.45, 2.75) is 25.8 Å². The van der Waals surface area contributed by atoms with E-state index in [4.69, 9.17) is 14.5 Å². The molecule has 1 amide bonds. The van der Waals surface area contributed by atoms with Gasteiger partial charge in [0.15, 0.2) is 11.4 Å². The number of rotatable bonds is 7. The smallest absolute Gasteiger partial charge is 0.274 e. The molecule has 1 N–H and O–H groups in total. The Morgan fingerprint density at radius 3 is 2.72 bits per heavy atom. The lowest BCUT2D eigenvalue weighted by atomic mass is 10.0. The molecule has 1 saturated carbocycles. The number of morpholine rings is 1. The predicted molar refractivity (Wildman–Crippen MR) is 125 cm³/mol. The number of aromatic nitrogens is 2. The number of hydrogen-bond donors (Lipinski definition) is 1. The molecular formula is C24H29N5O3. The molecule has 2 heterocycles. The Labute approximate surface area is 188 Å². The maximum Gasteiger partial charge on any atom is 0.274 e. The number of carbonyl (C=O) groups excluding carboxylic acids is 1. The van der Waals surface area contributed by atoms with Gasteiger partial charge in [-0.1, -0.05) is 24.3 Å². The maximum absolute atomic E-state index is 13.0. The van der Waals surface area contributed by atoms with Gasteiger partial charge in [0.25, 0.3) is 5.91 Å². The molecule has 0 atom stereocenters. The second kappa shape index (κ2) is 9.91. The lowest BCUT2D eigenvalue weighted by Crippen LogP contribution is -2.38. The number of hydrogen-bond acceptors (Lipinski definition) is 7. The summed E-state index contributed by atoms with van der Waals surface area (Å²) in [6.45, 7) is 4.50. The highest BCUT2D eigenvalue weighted by atomic mass is 16.5. The highest BCUT2D eigenvalue weighted by Gasteiger charge is 2.29. The number of carbonyl (C=O) groups is 1. The first kappa shape index (κ1) is 22.0. The zero-order chi connectivity index (χ0) is 22.5. The lowest BCUT2D eigenvalue weighted by molar-refractivity contribution is 0.0942. The second-order valence-corrected chi connectivity index (χ2v) is 7.79. The van der Waals surface area contributed by atoms with Gasteiger partial charge in [0.1, 0.15) is 5.69 Å². The molecule has 1 aromatic heterocycles. The summed E-state index contributed by atoms with van der Waals surface area (Å²) in [4.78, 5) is 28.9. The summed E-state index contributed by atoms with van der Waals surface area (Å²) in [6, 6.07) is 8.15.